The van der Waals surface area contributed by atoms with E-state index in [0.29, 0.717) is 17.0 Å². The number of fused-ring (bicyclic) bond motifs is 1. The first-order chi connectivity index (χ1) is 13.4. The maximum absolute atomic E-state index is 13.8. The Morgan fingerprint density at radius 1 is 1.28 bits per heavy atom. The molecule has 2 N–H and O–H groups in total. The van der Waals surface area contributed by atoms with Crippen LogP contribution in [0.15, 0.2) is 23.1 Å². The Kier molecular flexibility index (Phi) is 5.02. The van der Waals surface area contributed by atoms with Gasteiger partial charge >= 0.3 is 12.1 Å². The van der Waals surface area contributed by atoms with Gasteiger partial charge in [0.05, 0.1) is 16.8 Å². The van der Waals surface area contributed by atoms with Gasteiger partial charge in [-0.25, -0.2) is 4.79 Å². The van der Waals surface area contributed by atoms with Crippen LogP contribution in [0.25, 0.3) is 10.9 Å². The number of alkyl halides is 3. The van der Waals surface area contributed by atoms with E-state index in [9.17, 15) is 27.9 Å². The van der Waals surface area contributed by atoms with Crippen molar-refractivity contribution in [2.24, 2.45) is 0 Å². The zero-order chi connectivity index (χ0) is 21.7. The summed E-state index contributed by atoms with van der Waals surface area (Å²) in [4.78, 5) is 24.0. The Bertz CT molecular complexity index is 1150. The van der Waals surface area contributed by atoms with Crippen molar-refractivity contribution in [2.75, 3.05) is 0 Å². The SMILES string of the molecule is Cc1n[nH]c(C)c1Cc1cc2c(cc1C(F)(F)F)c(=O)c(C(=O)O)cn2C(C)C. The molecule has 2 heterocycles. The van der Waals surface area contributed by atoms with Crippen LogP contribution in [0.3, 0.4) is 0 Å². The Morgan fingerprint density at radius 2 is 1.93 bits per heavy atom. The molecule has 2 aromatic heterocycles. The van der Waals surface area contributed by atoms with E-state index in [1.165, 1.54) is 16.8 Å². The lowest BCUT2D eigenvalue weighted by atomic mass is 9.95. The second-order valence-corrected chi connectivity index (χ2v) is 7.29. The van der Waals surface area contributed by atoms with E-state index < -0.39 is 28.7 Å². The number of benzene rings is 1. The predicted molar refractivity (Wildman–Crippen MR) is 101 cm³/mol. The average Bonchev–Trinajstić information content (AvgIpc) is 2.92. The van der Waals surface area contributed by atoms with Gasteiger partial charge in [-0.1, -0.05) is 0 Å². The van der Waals surface area contributed by atoms with Crippen molar-refractivity contribution in [1.29, 1.82) is 0 Å². The van der Waals surface area contributed by atoms with E-state index in [1.807, 2.05) is 0 Å². The van der Waals surface area contributed by atoms with E-state index in [1.54, 1.807) is 27.7 Å². The average molecular weight is 407 g/mol. The quantitative estimate of drug-likeness (QED) is 0.678. The number of hydrogen-bond acceptors (Lipinski definition) is 3. The van der Waals surface area contributed by atoms with Crippen LogP contribution >= 0.6 is 0 Å². The van der Waals surface area contributed by atoms with Crippen LogP contribution in [0.1, 0.15) is 58.3 Å². The fraction of sp³-hybridized carbons (Fsp3) is 0.350. The molecule has 29 heavy (non-hydrogen) atoms. The summed E-state index contributed by atoms with van der Waals surface area (Å²) >= 11 is 0. The standard InChI is InChI=1S/C20H20F3N3O3/c1-9(2)26-8-15(19(28)29)18(27)14-7-16(20(21,22)23)12(6-17(14)26)5-13-10(3)24-25-11(13)4/h6-9H,5H2,1-4H3,(H,24,25)(H,28,29). The summed E-state index contributed by atoms with van der Waals surface area (Å²) in [7, 11) is 0. The molecule has 0 bridgehead atoms. The minimum Gasteiger partial charge on any atom is -0.477 e. The van der Waals surface area contributed by atoms with Crippen LogP contribution in [0.2, 0.25) is 0 Å². The molecule has 0 atom stereocenters. The van der Waals surface area contributed by atoms with Gasteiger partial charge in [0.15, 0.2) is 0 Å². The lowest BCUT2D eigenvalue weighted by Gasteiger charge is -2.20. The van der Waals surface area contributed by atoms with E-state index in [2.05, 4.69) is 10.2 Å². The molecule has 0 aliphatic carbocycles. The first kappa shape index (κ1) is 20.6. The number of carbonyl (C=O) groups is 1. The molecule has 0 aliphatic rings. The molecule has 9 heteroatoms. The van der Waals surface area contributed by atoms with Crippen molar-refractivity contribution >= 4 is 16.9 Å². The molecular formula is C20H20F3N3O3. The van der Waals surface area contributed by atoms with Gasteiger partial charge in [-0.3, -0.25) is 9.89 Å². The lowest BCUT2D eigenvalue weighted by Crippen LogP contribution is -2.21. The van der Waals surface area contributed by atoms with E-state index in [-0.39, 0.29) is 28.9 Å². The summed E-state index contributed by atoms with van der Waals surface area (Å²) < 4.78 is 42.9. The maximum Gasteiger partial charge on any atom is 0.416 e. The van der Waals surface area contributed by atoms with Gasteiger partial charge in [0.1, 0.15) is 5.56 Å². The Balaban J connectivity index is 2.40. The largest absolute Gasteiger partial charge is 0.477 e. The number of halogens is 3. The van der Waals surface area contributed by atoms with Gasteiger partial charge in [-0.2, -0.15) is 18.3 Å². The molecule has 154 valence electrons. The highest BCUT2D eigenvalue weighted by Crippen LogP contribution is 2.36. The van der Waals surface area contributed by atoms with E-state index in [4.69, 9.17) is 0 Å². The van der Waals surface area contributed by atoms with Gasteiger partial charge in [-0.15, -0.1) is 0 Å². The number of aryl methyl sites for hydroxylation is 2. The molecule has 3 aromatic rings. The molecule has 0 saturated heterocycles. The number of H-pyrrole nitrogens is 1. The monoisotopic (exact) mass is 407 g/mol. The minimum atomic E-state index is -4.70. The molecule has 0 unspecified atom stereocenters. The number of aromatic amines is 1. The molecule has 0 spiro atoms. The van der Waals surface area contributed by atoms with Crippen LogP contribution < -0.4 is 5.43 Å². The summed E-state index contributed by atoms with van der Waals surface area (Å²) in [5.41, 5.74) is -0.288. The van der Waals surface area contributed by atoms with Crippen molar-refractivity contribution < 1.29 is 23.1 Å². The highest BCUT2D eigenvalue weighted by atomic mass is 19.4. The predicted octanol–water partition coefficient (Wildman–Crippen LogP) is 4.23. The van der Waals surface area contributed by atoms with Gasteiger partial charge in [0.2, 0.25) is 5.43 Å². The first-order valence-electron chi connectivity index (χ1n) is 8.94. The van der Waals surface area contributed by atoms with Crippen LogP contribution in [0.5, 0.6) is 0 Å². The van der Waals surface area contributed by atoms with Crippen LogP contribution in [-0.2, 0) is 12.6 Å². The number of nitrogens with one attached hydrogen (secondary N) is 1. The fourth-order valence-electron chi connectivity index (χ4n) is 3.45. The Labute approximate surface area is 164 Å². The summed E-state index contributed by atoms with van der Waals surface area (Å²) in [5, 5.41) is 15.8. The molecule has 3 rings (SSSR count). The zero-order valence-electron chi connectivity index (χ0n) is 16.3. The topological polar surface area (TPSA) is 88.0 Å². The minimum absolute atomic E-state index is 0.00512. The first-order valence-corrected chi connectivity index (χ1v) is 8.94. The molecule has 1 aromatic carbocycles. The molecule has 0 amide bonds. The van der Waals surface area contributed by atoms with Gasteiger partial charge < -0.3 is 9.67 Å². The third-order valence-electron chi connectivity index (χ3n) is 5.00. The number of aromatic carboxylic acids is 1. The second-order valence-electron chi connectivity index (χ2n) is 7.29. The lowest BCUT2D eigenvalue weighted by molar-refractivity contribution is -0.138. The molecule has 0 aliphatic heterocycles. The number of rotatable bonds is 4. The molecule has 0 radical (unpaired) electrons. The second kappa shape index (κ2) is 7.06. The van der Waals surface area contributed by atoms with Gasteiger partial charge in [-0.05, 0) is 45.4 Å². The summed E-state index contributed by atoms with van der Waals surface area (Å²) in [6, 6.07) is 1.83. The highest BCUT2D eigenvalue weighted by molar-refractivity contribution is 5.93. The highest BCUT2D eigenvalue weighted by Gasteiger charge is 2.35. The smallest absolute Gasteiger partial charge is 0.416 e. The van der Waals surface area contributed by atoms with Gasteiger partial charge in [0, 0.05) is 35.3 Å². The van der Waals surface area contributed by atoms with Crippen molar-refractivity contribution in [3.05, 3.63) is 62.2 Å². The van der Waals surface area contributed by atoms with Crippen LogP contribution in [-0.4, -0.2) is 25.8 Å². The molecular weight excluding hydrogens is 387 g/mol. The van der Waals surface area contributed by atoms with Crippen LogP contribution in [0.4, 0.5) is 13.2 Å². The molecule has 0 fully saturated rings. The van der Waals surface area contributed by atoms with E-state index in [0.717, 1.165) is 6.07 Å². The van der Waals surface area contributed by atoms with E-state index >= 15 is 0 Å². The summed E-state index contributed by atoms with van der Waals surface area (Å²) in [6.45, 7) is 6.96. The zero-order valence-corrected chi connectivity index (χ0v) is 16.3. The Hall–Kier alpha value is -3.10. The Morgan fingerprint density at radius 3 is 2.41 bits per heavy atom. The van der Waals surface area contributed by atoms with Gasteiger partial charge in [0.25, 0.3) is 0 Å². The molecule has 0 saturated carbocycles. The summed E-state index contributed by atoms with van der Waals surface area (Å²) in [5.74, 6) is -1.48. The normalized spacial score (nSPS) is 12.1. The molecule has 6 nitrogen and oxygen atoms in total. The third kappa shape index (κ3) is 3.64. The number of pyridine rings is 1. The maximum atomic E-state index is 13.8. The van der Waals surface area contributed by atoms with Crippen molar-refractivity contribution in [1.82, 2.24) is 14.8 Å². The number of hydrogen-bond donors (Lipinski definition) is 2. The number of aromatic nitrogens is 3. The third-order valence-corrected chi connectivity index (χ3v) is 5.00. The van der Waals surface area contributed by atoms with Crippen LogP contribution in [0, 0.1) is 13.8 Å². The fourth-order valence-corrected chi connectivity index (χ4v) is 3.45. The number of carboxylic acid groups (broad SMARTS) is 1. The summed E-state index contributed by atoms with van der Waals surface area (Å²) in [6.07, 6.45) is -3.54. The van der Waals surface area contributed by atoms with Crippen molar-refractivity contribution in [3.8, 4) is 0 Å². The van der Waals surface area contributed by atoms with Crippen molar-refractivity contribution in [2.45, 2.75) is 46.3 Å². The number of carboxylic acids is 1. The number of nitrogens with zero attached hydrogens (tertiary/aromatic N) is 2. The van der Waals surface area contributed by atoms with Crippen molar-refractivity contribution in [3.63, 3.8) is 0 Å².